The van der Waals surface area contributed by atoms with Crippen LogP contribution in [0.4, 0.5) is 5.69 Å². The van der Waals surface area contributed by atoms with Crippen molar-refractivity contribution in [3.05, 3.63) is 30.3 Å². The zero-order valence-electron chi connectivity index (χ0n) is 13.2. The fourth-order valence-electron chi connectivity index (χ4n) is 3.84. The quantitative estimate of drug-likeness (QED) is 0.917. The molecule has 0 saturated carbocycles. The van der Waals surface area contributed by atoms with Gasteiger partial charge < -0.3 is 10.2 Å². The zero-order valence-corrected chi connectivity index (χ0v) is 13.2. The first-order valence-electron chi connectivity index (χ1n) is 7.77. The first kappa shape index (κ1) is 14.5. The van der Waals surface area contributed by atoms with Crippen molar-refractivity contribution in [1.29, 1.82) is 0 Å². The van der Waals surface area contributed by atoms with Crippen LogP contribution >= 0.6 is 0 Å². The number of likely N-dealkylation sites (N-methyl/N-ethyl adjacent to an activating group) is 1. The Hall–Kier alpha value is -1.39. The van der Waals surface area contributed by atoms with Crippen molar-refractivity contribution in [2.24, 2.45) is 11.8 Å². The summed E-state index contributed by atoms with van der Waals surface area (Å²) in [6.07, 6.45) is 0. The van der Waals surface area contributed by atoms with Gasteiger partial charge in [0.15, 0.2) is 0 Å². The summed E-state index contributed by atoms with van der Waals surface area (Å²) < 4.78 is 0. The van der Waals surface area contributed by atoms with Gasteiger partial charge in [-0.2, -0.15) is 0 Å². The number of hydrogen-bond acceptors (Lipinski definition) is 3. The molecule has 2 atom stereocenters. The number of carbonyl (C=O) groups is 1. The van der Waals surface area contributed by atoms with Crippen molar-refractivity contribution in [2.45, 2.75) is 19.4 Å². The molecule has 21 heavy (non-hydrogen) atoms. The number of fused-ring (bicyclic) bond motifs is 1. The van der Waals surface area contributed by atoms with Gasteiger partial charge in [0, 0.05) is 31.4 Å². The van der Waals surface area contributed by atoms with E-state index >= 15 is 0 Å². The van der Waals surface area contributed by atoms with Crippen molar-refractivity contribution in [3.8, 4) is 0 Å². The van der Waals surface area contributed by atoms with Gasteiger partial charge in [0.25, 0.3) is 0 Å². The van der Waals surface area contributed by atoms with Gasteiger partial charge in [-0.15, -0.1) is 0 Å². The molecular formula is C17H25N3O. The molecule has 2 saturated heterocycles. The Morgan fingerprint density at radius 2 is 2.05 bits per heavy atom. The number of rotatable bonds is 3. The molecular weight excluding hydrogens is 262 g/mol. The summed E-state index contributed by atoms with van der Waals surface area (Å²) in [5.41, 5.74) is 1.06. The minimum Gasteiger partial charge on any atom is -0.316 e. The molecule has 2 fully saturated rings. The maximum Gasteiger partial charge on any atom is 0.240 e. The fraction of sp³-hybridized carbons (Fsp3) is 0.588. The first-order chi connectivity index (χ1) is 10.00. The van der Waals surface area contributed by atoms with E-state index in [0.717, 1.165) is 25.3 Å². The van der Waals surface area contributed by atoms with E-state index in [1.54, 1.807) is 4.90 Å². The van der Waals surface area contributed by atoms with Crippen LogP contribution in [0.5, 0.6) is 0 Å². The van der Waals surface area contributed by atoms with Gasteiger partial charge in [-0.1, -0.05) is 18.2 Å². The van der Waals surface area contributed by atoms with Gasteiger partial charge in [-0.25, -0.2) is 0 Å². The molecule has 3 rings (SSSR count). The summed E-state index contributed by atoms with van der Waals surface area (Å²) >= 11 is 0. The lowest BCUT2D eigenvalue weighted by atomic mass is 9.85. The highest BCUT2D eigenvalue weighted by Gasteiger charge is 2.49. The van der Waals surface area contributed by atoms with E-state index in [4.69, 9.17) is 0 Å². The molecule has 0 aliphatic carbocycles. The summed E-state index contributed by atoms with van der Waals surface area (Å²) in [5, 5.41) is 3.48. The molecule has 0 radical (unpaired) electrons. The smallest absolute Gasteiger partial charge is 0.240 e. The number of para-hydroxylation sites is 1. The van der Waals surface area contributed by atoms with Crippen molar-refractivity contribution in [1.82, 2.24) is 10.2 Å². The molecule has 1 aromatic rings. The standard InChI is InChI=1S/C17H25N3O/c1-17(2)15-10-18-9-13(15)11-20(17)12-16(21)19(3)14-7-5-4-6-8-14/h4-8,13,15,18H,9-12H2,1-3H3. The normalized spacial score (nSPS) is 27.6. The van der Waals surface area contributed by atoms with Gasteiger partial charge in [-0.3, -0.25) is 9.69 Å². The average Bonchev–Trinajstić information content (AvgIpc) is 3.03. The van der Waals surface area contributed by atoms with Crippen molar-refractivity contribution in [3.63, 3.8) is 0 Å². The lowest BCUT2D eigenvalue weighted by Crippen LogP contribution is -2.49. The van der Waals surface area contributed by atoms with Gasteiger partial charge in [0.05, 0.1) is 6.54 Å². The van der Waals surface area contributed by atoms with E-state index in [-0.39, 0.29) is 11.4 Å². The number of anilines is 1. The molecule has 0 spiro atoms. The van der Waals surface area contributed by atoms with Gasteiger partial charge in [0.1, 0.15) is 0 Å². The third-order valence-corrected chi connectivity index (χ3v) is 5.36. The highest BCUT2D eigenvalue weighted by molar-refractivity contribution is 5.94. The molecule has 0 aromatic heterocycles. The van der Waals surface area contributed by atoms with E-state index in [1.165, 1.54) is 0 Å². The number of nitrogens with zero attached hydrogens (tertiary/aromatic N) is 2. The third-order valence-electron chi connectivity index (χ3n) is 5.36. The third kappa shape index (κ3) is 2.58. The van der Waals surface area contributed by atoms with Gasteiger partial charge >= 0.3 is 0 Å². The van der Waals surface area contributed by atoms with Crippen LogP contribution in [-0.4, -0.2) is 49.6 Å². The second kappa shape index (κ2) is 5.43. The maximum absolute atomic E-state index is 12.6. The summed E-state index contributed by atoms with van der Waals surface area (Å²) in [7, 11) is 1.86. The Morgan fingerprint density at radius 1 is 1.33 bits per heavy atom. The zero-order chi connectivity index (χ0) is 15.0. The Kier molecular flexibility index (Phi) is 3.76. The average molecular weight is 287 g/mol. The maximum atomic E-state index is 12.6. The summed E-state index contributed by atoms with van der Waals surface area (Å²) in [6.45, 7) is 8.26. The minimum absolute atomic E-state index is 0.0986. The first-order valence-corrected chi connectivity index (χ1v) is 7.77. The number of nitrogens with one attached hydrogen (secondary N) is 1. The molecule has 2 aliphatic rings. The molecule has 2 heterocycles. The number of benzene rings is 1. The van der Waals surface area contributed by atoms with E-state index in [9.17, 15) is 4.79 Å². The van der Waals surface area contributed by atoms with Crippen LogP contribution in [-0.2, 0) is 4.79 Å². The molecule has 0 bridgehead atoms. The second-order valence-corrected chi connectivity index (χ2v) is 6.85. The van der Waals surface area contributed by atoms with Crippen molar-refractivity contribution in [2.75, 3.05) is 38.1 Å². The Morgan fingerprint density at radius 3 is 2.71 bits per heavy atom. The van der Waals surface area contributed by atoms with Crippen molar-refractivity contribution >= 4 is 11.6 Å². The van der Waals surface area contributed by atoms with E-state index in [0.29, 0.717) is 18.4 Å². The predicted molar refractivity (Wildman–Crippen MR) is 85.4 cm³/mol. The minimum atomic E-state index is 0.0986. The molecule has 4 heteroatoms. The highest BCUT2D eigenvalue weighted by atomic mass is 16.2. The van der Waals surface area contributed by atoms with E-state index < -0.39 is 0 Å². The molecule has 1 N–H and O–H groups in total. The number of hydrogen-bond donors (Lipinski definition) is 1. The van der Waals surface area contributed by atoms with Crippen LogP contribution in [0.1, 0.15) is 13.8 Å². The number of likely N-dealkylation sites (tertiary alicyclic amines) is 1. The Balaban J connectivity index is 1.68. The monoisotopic (exact) mass is 287 g/mol. The molecule has 114 valence electrons. The number of carbonyl (C=O) groups excluding carboxylic acids is 1. The van der Waals surface area contributed by atoms with Crippen LogP contribution in [0, 0.1) is 11.8 Å². The summed E-state index contributed by atoms with van der Waals surface area (Å²) in [5.74, 6) is 1.52. The topological polar surface area (TPSA) is 35.6 Å². The number of amides is 1. The second-order valence-electron chi connectivity index (χ2n) is 6.85. The fourth-order valence-corrected chi connectivity index (χ4v) is 3.84. The largest absolute Gasteiger partial charge is 0.316 e. The van der Waals surface area contributed by atoms with Crippen LogP contribution < -0.4 is 10.2 Å². The van der Waals surface area contributed by atoms with E-state index in [1.807, 2.05) is 37.4 Å². The summed E-state index contributed by atoms with van der Waals surface area (Å²) in [4.78, 5) is 16.7. The molecule has 2 aliphatic heterocycles. The molecule has 1 amide bonds. The van der Waals surface area contributed by atoms with Crippen molar-refractivity contribution < 1.29 is 4.79 Å². The molecule has 2 unspecified atom stereocenters. The molecule has 1 aromatic carbocycles. The van der Waals surface area contributed by atoms with E-state index in [2.05, 4.69) is 24.1 Å². The Labute approximate surface area is 127 Å². The van der Waals surface area contributed by atoms with Gasteiger partial charge in [0.2, 0.25) is 5.91 Å². The van der Waals surface area contributed by atoms with Crippen LogP contribution in [0.15, 0.2) is 30.3 Å². The lowest BCUT2D eigenvalue weighted by Gasteiger charge is -2.36. The summed E-state index contributed by atoms with van der Waals surface area (Å²) in [6, 6.07) is 9.86. The van der Waals surface area contributed by atoms with Crippen LogP contribution in [0.3, 0.4) is 0 Å². The SMILES string of the molecule is CN(C(=O)CN1CC2CNCC2C1(C)C)c1ccccc1. The molecule has 4 nitrogen and oxygen atoms in total. The predicted octanol–water partition coefficient (Wildman–Crippen LogP) is 1.58. The van der Waals surface area contributed by atoms with Crippen LogP contribution in [0.25, 0.3) is 0 Å². The van der Waals surface area contributed by atoms with Crippen LogP contribution in [0.2, 0.25) is 0 Å². The lowest BCUT2D eigenvalue weighted by molar-refractivity contribution is -0.120. The van der Waals surface area contributed by atoms with Gasteiger partial charge in [-0.05, 0) is 44.4 Å². The Bertz CT molecular complexity index is 514. The highest BCUT2D eigenvalue weighted by Crippen LogP contribution is 2.40.